The fourth-order valence-electron chi connectivity index (χ4n) is 7.30. The number of likely N-dealkylation sites (tertiary alicyclic amines) is 1. The Morgan fingerprint density at radius 1 is 1.11 bits per heavy atom. The third-order valence-electron chi connectivity index (χ3n) is 10.6. The van der Waals surface area contributed by atoms with Crippen LogP contribution in [0.1, 0.15) is 71.2 Å². The van der Waals surface area contributed by atoms with Gasteiger partial charge in [-0.15, -0.1) is 11.3 Å². The van der Waals surface area contributed by atoms with E-state index >= 15 is 0 Å². The van der Waals surface area contributed by atoms with E-state index in [1.54, 1.807) is 23.5 Å². The zero-order valence-corrected chi connectivity index (χ0v) is 32.3. The highest BCUT2D eigenvalue weighted by Gasteiger charge is 2.41. The van der Waals surface area contributed by atoms with E-state index in [9.17, 15) is 19.5 Å². The molecule has 3 aliphatic rings. The molecule has 5 N–H and O–H groups in total. The Bertz CT molecular complexity index is 1760. The van der Waals surface area contributed by atoms with Gasteiger partial charge in [-0.05, 0) is 74.4 Å². The molecule has 0 radical (unpaired) electrons. The molecule has 2 fully saturated rings. The van der Waals surface area contributed by atoms with Gasteiger partial charge in [-0.3, -0.25) is 14.4 Å². The largest absolute Gasteiger partial charge is 0.506 e. The van der Waals surface area contributed by atoms with Crippen LogP contribution in [0.3, 0.4) is 0 Å². The molecule has 0 bridgehead atoms. The van der Waals surface area contributed by atoms with E-state index in [1.165, 1.54) is 11.1 Å². The Morgan fingerprint density at radius 3 is 2.67 bits per heavy atom. The van der Waals surface area contributed by atoms with Crippen molar-refractivity contribution in [3.63, 3.8) is 0 Å². The van der Waals surface area contributed by atoms with Crippen molar-refractivity contribution in [3.8, 4) is 11.5 Å². The smallest absolute Gasteiger partial charge is 0.273 e. The fourth-order valence-corrected chi connectivity index (χ4v) is 8.11. The molecule has 0 aliphatic carbocycles. The summed E-state index contributed by atoms with van der Waals surface area (Å²) in [6.45, 7) is 10.7. The number of phenolic OH excluding ortho intramolecular Hbond substituents is 1. The monoisotopic (exact) mass is 762 g/mol. The quantitative estimate of drug-likeness (QED) is 0.118. The molecular weight excluding hydrogens is 709 g/mol. The summed E-state index contributed by atoms with van der Waals surface area (Å²) < 4.78 is 17.8. The molecule has 3 aliphatic heterocycles. The minimum atomic E-state index is -0.397. The van der Waals surface area contributed by atoms with Crippen molar-refractivity contribution in [3.05, 3.63) is 69.2 Å². The Balaban J connectivity index is 0.868. The summed E-state index contributed by atoms with van der Waals surface area (Å²) >= 11 is 1.56. The third kappa shape index (κ3) is 10.4. The first-order valence-corrected chi connectivity index (χ1v) is 20.0. The van der Waals surface area contributed by atoms with E-state index in [4.69, 9.17) is 19.9 Å². The summed E-state index contributed by atoms with van der Waals surface area (Å²) in [5.74, 6) is -0.278. The lowest BCUT2D eigenvalue weighted by Gasteiger charge is -2.47. The first kappa shape index (κ1) is 39.6. The predicted molar refractivity (Wildman–Crippen MR) is 207 cm³/mol. The molecular formula is C40H54N6O7S. The minimum Gasteiger partial charge on any atom is -0.506 e. The molecule has 4 heterocycles. The molecule has 2 aromatic carbocycles. The minimum absolute atomic E-state index is 0.0161. The summed E-state index contributed by atoms with van der Waals surface area (Å²) in [6.07, 6.45) is 4.68. The van der Waals surface area contributed by atoms with Gasteiger partial charge in [0.05, 0.1) is 42.9 Å². The van der Waals surface area contributed by atoms with Crippen LogP contribution in [0.5, 0.6) is 11.5 Å². The molecule has 3 amide bonds. The highest BCUT2D eigenvalue weighted by Crippen LogP contribution is 2.39. The van der Waals surface area contributed by atoms with Crippen LogP contribution in [-0.2, 0) is 38.3 Å². The topological polar surface area (TPSA) is 169 Å². The molecule has 1 unspecified atom stereocenters. The average molecular weight is 763 g/mol. The molecule has 292 valence electrons. The second kappa shape index (κ2) is 18.5. The van der Waals surface area contributed by atoms with Crippen molar-refractivity contribution in [2.45, 2.75) is 63.9 Å². The van der Waals surface area contributed by atoms with E-state index in [0.717, 1.165) is 55.9 Å². The third-order valence-corrected chi connectivity index (χ3v) is 11.7. The molecule has 2 saturated heterocycles. The standard InChI is InChI=1S/C40H54N6O7S/c1-27(2)38-43-32(25-54-38)39(50)46-19-21-53-40(26-46)12-17-45(18-13-40)16-10-28-4-3-5-29(22-28)11-20-51-23-31(37(41)49)9-15-42-14-8-30-6-7-33(47)35-36(30)52-24-34(48)44-35/h3-7,22,25,27,31,42,47H,8-21,23-24,26H2,1-2H3,(H2,41,49)(H,44,48). The van der Waals surface area contributed by atoms with Gasteiger partial charge in [-0.2, -0.15) is 0 Å². The molecule has 1 spiro atoms. The molecule has 6 rings (SSSR count). The van der Waals surface area contributed by atoms with Crippen LogP contribution in [-0.4, -0.2) is 115 Å². The molecule has 14 heteroatoms. The van der Waals surface area contributed by atoms with Crippen LogP contribution in [0.25, 0.3) is 0 Å². The Hall–Kier alpha value is -4.08. The number of piperidine rings is 1. The van der Waals surface area contributed by atoms with Crippen molar-refractivity contribution < 1.29 is 33.7 Å². The lowest BCUT2D eigenvalue weighted by Crippen LogP contribution is -2.58. The molecule has 0 saturated carbocycles. The normalized spacial score (nSPS) is 17.6. The maximum Gasteiger partial charge on any atom is 0.273 e. The van der Waals surface area contributed by atoms with Gasteiger partial charge < -0.3 is 45.5 Å². The number of anilines is 1. The molecule has 3 aromatic rings. The second-order valence-electron chi connectivity index (χ2n) is 14.9. The van der Waals surface area contributed by atoms with Gasteiger partial charge in [0.2, 0.25) is 5.91 Å². The van der Waals surface area contributed by atoms with Gasteiger partial charge in [0.25, 0.3) is 11.8 Å². The van der Waals surface area contributed by atoms with Gasteiger partial charge in [0.1, 0.15) is 17.1 Å². The number of ether oxygens (including phenoxy) is 3. The molecule has 1 aromatic heterocycles. The van der Waals surface area contributed by atoms with Gasteiger partial charge in [-0.25, -0.2) is 4.98 Å². The first-order valence-electron chi connectivity index (χ1n) is 19.1. The first-order chi connectivity index (χ1) is 26.1. The van der Waals surface area contributed by atoms with Crippen molar-refractivity contribution in [2.24, 2.45) is 11.7 Å². The number of hydrogen-bond donors (Lipinski definition) is 4. The average Bonchev–Trinajstić information content (AvgIpc) is 3.67. The summed E-state index contributed by atoms with van der Waals surface area (Å²) in [5.41, 5.74) is 9.63. The van der Waals surface area contributed by atoms with Crippen LogP contribution in [0.4, 0.5) is 5.69 Å². The van der Waals surface area contributed by atoms with Crippen molar-refractivity contribution >= 4 is 34.7 Å². The van der Waals surface area contributed by atoms with Crippen LogP contribution < -0.4 is 21.1 Å². The number of phenols is 1. The van der Waals surface area contributed by atoms with Gasteiger partial charge >= 0.3 is 0 Å². The number of primary amides is 1. The Kier molecular flexibility index (Phi) is 13.6. The zero-order valence-electron chi connectivity index (χ0n) is 31.4. The van der Waals surface area contributed by atoms with Crippen LogP contribution in [0.2, 0.25) is 0 Å². The van der Waals surface area contributed by atoms with Crippen LogP contribution in [0, 0.1) is 5.92 Å². The van der Waals surface area contributed by atoms with E-state index in [1.807, 2.05) is 10.3 Å². The highest BCUT2D eigenvalue weighted by molar-refractivity contribution is 7.09. The number of morpholine rings is 1. The van der Waals surface area contributed by atoms with Crippen LogP contribution in [0.15, 0.2) is 41.8 Å². The van der Waals surface area contributed by atoms with Gasteiger partial charge in [0.15, 0.2) is 12.4 Å². The predicted octanol–water partition coefficient (Wildman–Crippen LogP) is 3.74. The number of nitrogens with two attached hydrogens (primary N) is 1. The SMILES string of the molecule is CC(C)c1nc(C(=O)N2CCOC3(CCN(CCc4cccc(CCOCC(CCNCCc5ccc(O)c6c5OCC(=O)N6)C(N)=O)c4)CC3)C2)cs1. The number of aromatic hydroxyl groups is 1. The summed E-state index contributed by atoms with van der Waals surface area (Å²) in [6, 6.07) is 11.9. The number of benzene rings is 2. The Morgan fingerprint density at radius 2 is 1.91 bits per heavy atom. The molecule has 54 heavy (non-hydrogen) atoms. The Labute approximate surface area is 321 Å². The number of hydrogen-bond acceptors (Lipinski definition) is 11. The lowest BCUT2D eigenvalue weighted by molar-refractivity contribution is -0.127. The number of carbonyl (C=O) groups excluding carboxylic acids is 3. The second-order valence-corrected chi connectivity index (χ2v) is 15.8. The van der Waals surface area contributed by atoms with E-state index < -0.39 is 5.92 Å². The maximum absolute atomic E-state index is 13.3. The van der Waals surface area contributed by atoms with Crippen molar-refractivity contribution in [1.29, 1.82) is 0 Å². The number of rotatable bonds is 17. The summed E-state index contributed by atoms with van der Waals surface area (Å²) in [5, 5.41) is 18.9. The van der Waals surface area contributed by atoms with Crippen molar-refractivity contribution in [1.82, 2.24) is 20.1 Å². The number of nitrogens with zero attached hydrogens (tertiary/aromatic N) is 3. The fraction of sp³-hybridized carbons (Fsp3) is 0.550. The molecule has 13 nitrogen and oxygen atoms in total. The van der Waals surface area contributed by atoms with E-state index in [-0.39, 0.29) is 42.3 Å². The number of fused-ring (bicyclic) bond motifs is 1. The summed E-state index contributed by atoms with van der Waals surface area (Å²) in [7, 11) is 0. The van der Waals surface area contributed by atoms with Gasteiger partial charge in [0, 0.05) is 37.5 Å². The number of thiazole rings is 1. The zero-order chi connectivity index (χ0) is 38.1. The molecule has 1 atom stereocenters. The van der Waals surface area contributed by atoms with E-state index in [2.05, 4.69) is 58.6 Å². The van der Waals surface area contributed by atoms with E-state index in [0.29, 0.717) is 75.3 Å². The number of amides is 3. The lowest BCUT2D eigenvalue weighted by atomic mass is 9.89. The number of nitrogens with one attached hydrogen (secondary N) is 2. The van der Waals surface area contributed by atoms with Gasteiger partial charge in [-0.1, -0.05) is 44.2 Å². The number of aromatic nitrogens is 1. The maximum atomic E-state index is 13.3. The summed E-state index contributed by atoms with van der Waals surface area (Å²) in [4.78, 5) is 46.0. The van der Waals surface area contributed by atoms with Crippen LogP contribution >= 0.6 is 11.3 Å². The number of carbonyl (C=O) groups is 3. The van der Waals surface area contributed by atoms with Crippen molar-refractivity contribution in [2.75, 3.05) is 77.6 Å². The highest BCUT2D eigenvalue weighted by atomic mass is 32.1.